The van der Waals surface area contributed by atoms with Crippen molar-refractivity contribution < 1.29 is 14.3 Å². The third-order valence-corrected chi connectivity index (χ3v) is 4.40. The second-order valence-electron chi connectivity index (χ2n) is 4.84. The Morgan fingerprint density at radius 3 is 2.90 bits per heavy atom. The standard InChI is InChI=1S/C14H16ClFN2O2S/c1-3-4-8(2)18-12-6-10(16)9(15)5-11(12)17-14(18)21-7-13(19)20/h5-6,8H,3-4,7H2,1-2H3,(H,19,20). The molecule has 1 aromatic carbocycles. The second kappa shape index (κ2) is 6.66. The Kier molecular flexibility index (Phi) is 5.11. The second-order valence-corrected chi connectivity index (χ2v) is 6.19. The van der Waals surface area contributed by atoms with Crippen LogP contribution in [0, 0.1) is 5.82 Å². The molecule has 0 radical (unpaired) electrons. The number of benzene rings is 1. The number of imidazole rings is 1. The lowest BCUT2D eigenvalue weighted by Gasteiger charge is -2.16. The van der Waals surface area contributed by atoms with Crippen LogP contribution in [0.15, 0.2) is 17.3 Å². The molecule has 0 amide bonds. The fourth-order valence-corrected chi connectivity index (χ4v) is 3.26. The minimum atomic E-state index is -0.911. The maximum absolute atomic E-state index is 13.7. The molecule has 1 N–H and O–H groups in total. The molecule has 0 aliphatic carbocycles. The minimum Gasteiger partial charge on any atom is -0.481 e. The molecule has 0 spiro atoms. The Morgan fingerprint density at radius 2 is 2.29 bits per heavy atom. The van der Waals surface area contributed by atoms with Gasteiger partial charge in [-0.05, 0) is 19.4 Å². The molecule has 4 nitrogen and oxygen atoms in total. The van der Waals surface area contributed by atoms with E-state index in [1.165, 1.54) is 12.1 Å². The van der Waals surface area contributed by atoms with E-state index in [4.69, 9.17) is 16.7 Å². The van der Waals surface area contributed by atoms with Crippen LogP contribution in [-0.2, 0) is 4.79 Å². The Bertz CT molecular complexity index is 675. The molecule has 1 unspecified atom stereocenters. The van der Waals surface area contributed by atoms with E-state index in [0.717, 1.165) is 24.6 Å². The van der Waals surface area contributed by atoms with E-state index in [-0.39, 0.29) is 16.8 Å². The predicted molar refractivity (Wildman–Crippen MR) is 82.7 cm³/mol. The average Bonchev–Trinajstić information content (AvgIpc) is 2.75. The number of rotatable bonds is 6. The average molecular weight is 331 g/mol. The molecule has 7 heteroatoms. The van der Waals surface area contributed by atoms with Crippen LogP contribution >= 0.6 is 23.4 Å². The number of aromatic nitrogens is 2. The van der Waals surface area contributed by atoms with Gasteiger partial charge in [-0.2, -0.15) is 0 Å². The highest BCUT2D eigenvalue weighted by Crippen LogP contribution is 2.32. The summed E-state index contributed by atoms with van der Waals surface area (Å²) >= 11 is 6.93. The van der Waals surface area contributed by atoms with E-state index in [1.54, 1.807) is 0 Å². The van der Waals surface area contributed by atoms with Crippen molar-refractivity contribution in [2.75, 3.05) is 5.75 Å². The van der Waals surface area contributed by atoms with Gasteiger partial charge < -0.3 is 9.67 Å². The molecular formula is C14H16ClFN2O2S. The molecule has 2 aromatic rings. The van der Waals surface area contributed by atoms with Crippen molar-refractivity contribution in [3.63, 3.8) is 0 Å². The van der Waals surface area contributed by atoms with Crippen LogP contribution in [0.25, 0.3) is 11.0 Å². The van der Waals surface area contributed by atoms with Gasteiger partial charge in [-0.1, -0.05) is 36.7 Å². The lowest BCUT2D eigenvalue weighted by Crippen LogP contribution is -2.08. The first-order valence-electron chi connectivity index (χ1n) is 6.65. The zero-order valence-corrected chi connectivity index (χ0v) is 13.3. The minimum absolute atomic E-state index is 0.0186. The van der Waals surface area contributed by atoms with Crippen molar-refractivity contribution >= 4 is 40.4 Å². The lowest BCUT2D eigenvalue weighted by molar-refractivity contribution is -0.133. The molecule has 1 heterocycles. The van der Waals surface area contributed by atoms with Crippen LogP contribution in [-0.4, -0.2) is 26.4 Å². The first-order chi connectivity index (χ1) is 9.93. The van der Waals surface area contributed by atoms with Crippen LogP contribution in [0.4, 0.5) is 4.39 Å². The van der Waals surface area contributed by atoms with Gasteiger partial charge in [0, 0.05) is 12.1 Å². The molecule has 0 bridgehead atoms. The summed E-state index contributed by atoms with van der Waals surface area (Å²) in [4.78, 5) is 15.2. The molecule has 0 fully saturated rings. The van der Waals surface area contributed by atoms with E-state index in [0.29, 0.717) is 16.2 Å². The number of nitrogens with zero attached hydrogens (tertiary/aromatic N) is 2. The summed E-state index contributed by atoms with van der Waals surface area (Å²) in [6.45, 7) is 4.08. The number of carboxylic acids is 1. The van der Waals surface area contributed by atoms with Crippen LogP contribution in [0.2, 0.25) is 5.02 Å². The zero-order chi connectivity index (χ0) is 15.6. The van der Waals surface area contributed by atoms with Crippen LogP contribution in [0.3, 0.4) is 0 Å². The number of thioether (sulfide) groups is 1. The smallest absolute Gasteiger partial charge is 0.313 e. The Hall–Kier alpha value is -1.27. The van der Waals surface area contributed by atoms with Crippen LogP contribution < -0.4 is 0 Å². The first kappa shape index (κ1) is 16.1. The molecule has 1 atom stereocenters. The normalized spacial score (nSPS) is 12.8. The number of aliphatic carboxylic acids is 1. The summed E-state index contributed by atoms with van der Waals surface area (Å²) in [7, 11) is 0. The highest BCUT2D eigenvalue weighted by molar-refractivity contribution is 7.99. The van der Waals surface area contributed by atoms with E-state index >= 15 is 0 Å². The Balaban J connectivity index is 2.54. The number of hydrogen-bond donors (Lipinski definition) is 1. The molecule has 1 aromatic heterocycles. The van der Waals surface area contributed by atoms with Gasteiger partial charge in [0.25, 0.3) is 0 Å². The SMILES string of the molecule is CCCC(C)n1c(SCC(=O)O)nc2cc(Cl)c(F)cc21. The molecule has 0 saturated heterocycles. The van der Waals surface area contributed by atoms with Crippen molar-refractivity contribution in [3.8, 4) is 0 Å². The Labute approximate surface area is 131 Å². The van der Waals surface area contributed by atoms with Crippen LogP contribution in [0.5, 0.6) is 0 Å². The molecular weight excluding hydrogens is 315 g/mol. The van der Waals surface area contributed by atoms with Gasteiger partial charge >= 0.3 is 5.97 Å². The van der Waals surface area contributed by atoms with Crippen molar-refractivity contribution in [3.05, 3.63) is 23.0 Å². The topological polar surface area (TPSA) is 55.1 Å². The van der Waals surface area contributed by atoms with Gasteiger partial charge in [0.15, 0.2) is 5.16 Å². The first-order valence-corrected chi connectivity index (χ1v) is 8.02. The quantitative estimate of drug-likeness (QED) is 0.799. The highest BCUT2D eigenvalue weighted by atomic mass is 35.5. The number of carbonyl (C=O) groups is 1. The number of carboxylic acid groups (broad SMARTS) is 1. The van der Waals surface area contributed by atoms with E-state index < -0.39 is 11.8 Å². The predicted octanol–water partition coefficient (Wildman–Crippen LogP) is 4.37. The fraction of sp³-hybridized carbons (Fsp3) is 0.429. The molecule has 0 aliphatic heterocycles. The number of fused-ring (bicyclic) bond motifs is 1. The van der Waals surface area contributed by atoms with E-state index in [2.05, 4.69) is 11.9 Å². The van der Waals surface area contributed by atoms with Gasteiger partial charge in [-0.3, -0.25) is 4.79 Å². The maximum Gasteiger partial charge on any atom is 0.313 e. The van der Waals surface area contributed by atoms with Gasteiger partial charge in [0.2, 0.25) is 0 Å². The molecule has 114 valence electrons. The molecule has 0 saturated carbocycles. The lowest BCUT2D eigenvalue weighted by atomic mass is 10.2. The summed E-state index contributed by atoms with van der Waals surface area (Å²) in [5, 5.41) is 9.43. The van der Waals surface area contributed by atoms with Gasteiger partial charge in [-0.25, -0.2) is 9.37 Å². The summed E-state index contributed by atoms with van der Waals surface area (Å²) in [5.74, 6) is -1.49. The largest absolute Gasteiger partial charge is 0.481 e. The number of halogens is 2. The zero-order valence-electron chi connectivity index (χ0n) is 11.8. The summed E-state index contributed by atoms with van der Waals surface area (Å²) < 4.78 is 15.6. The summed E-state index contributed by atoms with van der Waals surface area (Å²) in [6.07, 6.45) is 1.87. The third kappa shape index (κ3) is 3.49. The van der Waals surface area contributed by atoms with Gasteiger partial charge in [0.05, 0.1) is 21.8 Å². The van der Waals surface area contributed by atoms with Gasteiger partial charge in [0.1, 0.15) is 5.82 Å². The van der Waals surface area contributed by atoms with Crippen molar-refractivity contribution in [1.82, 2.24) is 9.55 Å². The fourth-order valence-electron chi connectivity index (χ4n) is 2.27. The summed E-state index contributed by atoms with van der Waals surface area (Å²) in [5.41, 5.74) is 1.22. The number of hydrogen-bond acceptors (Lipinski definition) is 3. The van der Waals surface area contributed by atoms with Crippen LogP contribution in [0.1, 0.15) is 32.7 Å². The Morgan fingerprint density at radius 1 is 1.57 bits per heavy atom. The highest BCUT2D eigenvalue weighted by Gasteiger charge is 2.18. The van der Waals surface area contributed by atoms with Crippen molar-refractivity contribution in [2.45, 2.75) is 37.9 Å². The molecule has 21 heavy (non-hydrogen) atoms. The molecule has 2 rings (SSSR count). The van der Waals surface area contributed by atoms with Gasteiger partial charge in [-0.15, -0.1) is 0 Å². The molecule has 0 aliphatic rings. The van der Waals surface area contributed by atoms with E-state index in [1.807, 2.05) is 11.5 Å². The monoisotopic (exact) mass is 330 g/mol. The van der Waals surface area contributed by atoms with Crippen molar-refractivity contribution in [1.29, 1.82) is 0 Å². The summed E-state index contributed by atoms with van der Waals surface area (Å²) in [6, 6.07) is 2.95. The van der Waals surface area contributed by atoms with Crippen molar-refractivity contribution in [2.24, 2.45) is 0 Å². The third-order valence-electron chi connectivity index (χ3n) is 3.17. The van der Waals surface area contributed by atoms with E-state index in [9.17, 15) is 9.18 Å². The maximum atomic E-state index is 13.7.